The van der Waals surface area contributed by atoms with Gasteiger partial charge in [-0.1, -0.05) is 0 Å². The van der Waals surface area contributed by atoms with Crippen molar-refractivity contribution in [1.82, 2.24) is 0 Å². The maximum absolute atomic E-state index is 10.1. The van der Waals surface area contributed by atoms with Crippen molar-refractivity contribution in [3.05, 3.63) is 209 Å². The number of benzene rings is 7. The Morgan fingerprint density at radius 2 is 0.700 bits per heavy atom. The fourth-order valence-electron chi connectivity index (χ4n) is 7.15. The van der Waals surface area contributed by atoms with Gasteiger partial charge in [-0.25, -0.2) is 0 Å². The monoisotopic (exact) mass is 672 g/mol. The van der Waals surface area contributed by atoms with Crippen molar-refractivity contribution in [2.45, 2.75) is 26.7 Å². The van der Waals surface area contributed by atoms with Gasteiger partial charge in [0.2, 0.25) is 0 Å². The van der Waals surface area contributed by atoms with Crippen LogP contribution in [-0.2, 0) is 0 Å². The van der Waals surface area contributed by atoms with Crippen LogP contribution in [0.25, 0.3) is 0 Å². The van der Waals surface area contributed by atoms with E-state index in [1.165, 1.54) is 16.7 Å². The molecule has 0 amide bonds. The Morgan fingerprint density at radius 1 is 0.380 bits per heavy atom. The quantitative estimate of drug-likeness (QED) is 0.119. The first-order valence-electron chi connectivity index (χ1n) is 16.9. The second-order valence-corrected chi connectivity index (χ2v) is 17.5. The van der Waals surface area contributed by atoms with Gasteiger partial charge >= 0.3 is 296 Å². The summed E-state index contributed by atoms with van der Waals surface area (Å²) in [6.07, 6.45) is 0. The standard InChI is InChI=1S/C46H41O3P/c1-33-9-27-43(28-10-33)50(42-7-5-4-6-8-42,44-29-11-34(2)12-30-44,45-31-13-35(3)14-32-45)49-41-25-19-38(20-26-41)46(36-15-21-39(47)22-16-36)37-17-23-40(48)24-18-37/h4-32,46-48H,1-3H3. The van der Waals surface area contributed by atoms with Crippen LogP contribution >= 0.6 is 6.83 Å². The topological polar surface area (TPSA) is 49.7 Å². The van der Waals surface area contributed by atoms with Gasteiger partial charge in [0.1, 0.15) is 0 Å². The number of aryl methyl sites for hydroxylation is 3. The zero-order chi connectivity index (χ0) is 34.7. The summed E-state index contributed by atoms with van der Waals surface area (Å²) in [5.41, 5.74) is 6.69. The molecule has 7 aromatic carbocycles. The van der Waals surface area contributed by atoms with Crippen molar-refractivity contribution >= 4 is 28.0 Å². The maximum atomic E-state index is 10.1. The van der Waals surface area contributed by atoms with Crippen LogP contribution in [0.15, 0.2) is 176 Å². The minimum absolute atomic E-state index is 0.124. The van der Waals surface area contributed by atoms with E-state index in [-0.39, 0.29) is 17.4 Å². The van der Waals surface area contributed by atoms with Crippen LogP contribution in [0.3, 0.4) is 0 Å². The molecule has 7 aromatic rings. The van der Waals surface area contributed by atoms with Gasteiger partial charge in [-0.05, 0) is 0 Å². The molecule has 3 nitrogen and oxygen atoms in total. The number of phenols is 2. The Labute approximate surface area is 295 Å². The van der Waals surface area contributed by atoms with E-state index < -0.39 is 6.83 Å². The van der Waals surface area contributed by atoms with Crippen LogP contribution in [0.5, 0.6) is 17.2 Å². The molecule has 0 atom stereocenters. The molecule has 7 rings (SSSR count). The summed E-state index contributed by atoms with van der Waals surface area (Å²) in [4.78, 5) is 0. The zero-order valence-corrected chi connectivity index (χ0v) is 29.5. The zero-order valence-electron chi connectivity index (χ0n) is 28.6. The molecule has 248 valence electrons. The van der Waals surface area contributed by atoms with Crippen molar-refractivity contribution in [2.75, 3.05) is 0 Å². The van der Waals surface area contributed by atoms with E-state index in [4.69, 9.17) is 4.52 Å². The molecule has 2 N–H and O–H groups in total. The van der Waals surface area contributed by atoms with Crippen molar-refractivity contribution in [2.24, 2.45) is 0 Å². The fourth-order valence-corrected chi connectivity index (χ4v) is 12.8. The van der Waals surface area contributed by atoms with E-state index in [0.29, 0.717) is 0 Å². The average Bonchev–Trinajstić information content (AvgIpc) is 3.14. The molecule has 0 saturated carbocycles. The van der Waals surface area contributed by atoms with Crippen molar-refractivity contribution in [3.8, 4) is 17.2 Å². The van der Waals surface area contributed by atoms with E-state index in [2.05, 4.69) is 148 Å². The Balaban J connectivity index is 1.49. The minimum atomic E-state index is -3.94. The molecule has 0 heterocycles. The van der Waals surface area contributed by atoms with Gasteiger partial charge in [-0.3, -0.25) is 0 Å². The van der Waals surface area contributed by atoms with E-state index in [0.717, 1.165) is 43.7 Å². The van der Waals surface area contributed by atoms with Crippen molar-refractivity contribution in [3.63, 3.8) is 0 Å². The molecule has 0 spiro atoms. The van der Waals surface area contributed by atoms with Gasteiger partial charge < -0.3 is 0 Å². The number of hydrogen-bond donors (Lipinski definition) is 2. The SMILES string of the molecule is Cc1ccc(P(Oc2ccc(C(c3ccc(O)cc3)c3ccc(O)cc3)cc2)(c2ccccc2)(c2ccc(C)cc2)c2ccc(C)cc2)cc1. The molecule has 0 unspecified atom stereocenters. The predicted molar refractivity (Wildman–Crippen MR) is 210 cm³/mol. The van der Waals surface area contributed by atoms with Gasteiger partial charge in [-0.15, -0.1) is 0 Å². The van der Waals surface area contributed by atoms with Gasteiger partial charge in [-0.2, -0.15) is 0 Å². The molecule has 0 radical (unpaired) electrons. The summed E-state index contributed by atoms with van der Waals surface area (Å²) in [5, 5.41) is 24.6. The first-order valence-corrected chi connectivity index (χ1v) is 19.1. The Kier molecular flexibility index (Phi) is 8.78. The molecule has 4 heteroatoms. The number of hydrogen-bond acceptors (Lipinski definition) is 3. The first-order chi connectivity index (χ1) is 24.3. The second-order valence-electron chi connectivity index (χ2n) is 13.2. The molecule has 0 aliphatic rings. The van der Waals surface area contributed by atoms with Crippen LogP contribution in [-0.4, -0.2) is 10.2 Å². The number of aromatic hydroxyl groups is 2. The second kappa shape index (κ2) is 13.3. The molecular formula is C46H41O3P. The molecule has 0 bridgehead atoms. The number of phenolic OH excluding ortho intramolecular Hbond substituents is 2. The number of rotatable bonds is 9. The third-order valence-corrected chi connectivity index (χ3v) is 15.5. The average molecular weight is 673 g/mol. The van der Waals surface area contributed by atoms with Gasteiger partial charge in [0.15, 0.2) is 0 Å². The summed E-state index contributed by atoms with van der Waals surface area (Å²) in [5.74, 6) is 1.07. The van der Waals surface area contributed by atoms with Crippen LogP contribution in [0.4, 0.5) is 0 Å². The van der Waals surface area contributed by atoms with Crippen LogP contribution in [0.2, 0.25) is 0 Å². The third kappa shape index (κ3) is 5.74. The molecule has 0 fully saturated rings. The van der Waals surface area contributed by atoms with Crippen LogP contribution in [0, 0.1) is 20.8 Å². The van der Waals surface area contributed by atoms with Crippen LogP contribution < -0.4 is 25.7 Å². The normalized spacial score (nSPS) is 12.3. The molecule has 0 aromatic heterocycles. The predicted octanol–water partition coefficient (Wildman–Crippen LogP) is 9.35. The Bertz CT molecular complexity index is 2030. The van der Waals surface area contributed by atoms with Crippen LogP contribution in [0.1, 0.15) is 39.3 Å². The van der Waals surface area contributed by atoms with Gasteiger partial charge in [0, 0.05) is 0 Å². The summed E-state index contributed by atoms with van der Waals surface area (Å²) in [6, 6.07) is 60.5. The van der Waals surface area contributed by atoms with Crippen molar-refractivity contribution in [1.29, 1.82) is 0 Å². The van der Waals surface area contributed by atoms with E-state index in [1.54, 1.807) is 24.3 Å². The molecular weight excluding hydrogens is 631 g/mol. The summed E-state index contributed by atoms with van der Waals surface area (Å²) in [6.45, 7) is 2.42. The Hall–Kier alpha value is -5.63. The van der Waals surface area contributed by atoms with E-state index in [1.807, 2.05) is 24.3 Å². The van der Waals surface area contributed by atoms with Crippen molar-refractivity contribution < 1.29 is 14.7 Å². The van der Waals surface area contributed by atoms with Gasteiger partial charge in [0.05, 0.1) is 0 Å². The Morgan fingerprint density at radius 3 is 1.06 bits per heavy atom. The third-order valence-electron chi connectivity index (χ3n) is 9.78. The molecule has 0 aliphatic carbocycles. The molecule has 50 heavy (non-hydrogen) atoms. The van der Waals surface area contributed by atoms with E-state index in [9.17, 15) is 10.2 Å². The van der Waals surface area contributed by atoms with Gasteiger partial charge in [0.25, 0.3) is 0 Å². The van der Waals surface area contributed by atoms with E-state index >= 15 is 0 Å². The first kappa shape index (κ1) is 32.9. The summed E-state index contributed by atoms with van der Waals surface area (Å²) in [7, 11) is 0. The molecule has 0 aliphatic heterocycles. The fraction of sp³-hybridized carbons (Fsp3) is 0.0870. The molecule has 0 saturated heterocycles. The summed E-state index contributed by atoms with van der Waals surface area (Å²) < 4.78 is 7.90. The summed E-state index contributed by atoms with van der Waals surface area (Å²) >= 11 is 0.